The number of thioether (sulfide) groups is 1. The lowest BCUT2D eigenvalue weighted by Crippen LogP contribution is -2.29. The third kappa shape index (κ3) is 3.26. The zero-order valence-corrected chi connectivity index (χ0v) is 15.4. The van der Waals surface area contributed by atoms with Crippen LogP contribution >= 0.6 is 11.8 Å². The molecular weight excluding hydrogens is 348 g/mol. The molecule has 1 aliphatic rings. The predicted molar refractivity (Wildman–Crippen MR) is 100 cm³/mol. The van der Waals surface area contributed by atoms with Crippen molar-refractivity contribution < 1.29 is 9.21 Å². The van der Waals surface area contributed by atoms with E-state index in [4.69, 9.17) is 4.42 Å². The summed E-state index contributed by atoms with van der Waals surface area (Å²) in [5.74, 6) is 2.05. The summed E-state index contributed by atoms with van der Waals surface area (Å²) in [6, 6.07) is 11.8. The lowest BCUT2D eigenvalue weighted by atomic mass is 10.2. The number of aryl methyl sites for hydroxylation is 1. The van der Waals surface area contributed by atoms with Crippen molar-refractivity contribution in [3.8, 4) is 17.1 Å². The number of likely N-dealkylation sites (tertiary alicyclic amines) is 1. The summed E-state index contributed by atoms with van der Waals surface area (Å²) < 4.78 is 7.42. The maximum absolute atomic E-state index is 12.4. The first-order valence-corrected chi connectivity index (χ1v) is 9.68. The molecule has 1 amide bonds. The van der Waals surface area contributed by atoms with Gasteiger partial charge in [0.2, 0.25) is 5.91 Å². The van der Waals surface area contributed by atoms with E-state index >= 15 is 0 Å². The Labute approximate surface area is 156 Å². The van der Waals surface area contributed by atoms with Crippen LogP contribution in [0, 0.1) is 6.92 Å². The SMILES string of the molecule is Cc1occc1-c1nnc(SCC(=O)N2CCCC2)n1-c1ccccc1. The molecule has 4 rings (SSSR count). The summed E-state index contributed by atoms with van der Waals surface area (Å²) in [6.07, 6.45) is 3.85. The molecular formula is C19H20N4O2S. The Balaban J connectivity index is 1.65. The van der Waals surface area contributed by atoms with Gasteiger partial charge in [-0.25, -0.2) is 0 Å². The number of benzene rings is 1. The van der Waals surface area contributed by atoms with E-state index in [0.29, 0.717) is 10.9 Å². The predicted octanol–water partition coefficient (Wildman–Crippen LogP) is 3.55. The highest BCUT2D eigenvalue weighted by atomic mass is 32.2. The summed E-state index contributed by atoms with van der Waals surface area (Å²) in [6.45, 7) is 3.64. The van der Waals surface area contributed by atoms with Crippen molar-refractivity contribution in [3.05, 3.63) is 48.4 Å². The summed E-state index contributed by atoms with van der Waals surface area (Å²) in [5, 5.41) is 9.44. The normalized spacial score (nSPS) is 14.1. The average Bonchev–Trinajstić information content (AvgIpc) is 3.41. The first-order chi connectivity index (χ1) is 12.7. The third-order valence-corrected chi connectivity index (χ3v) is 5.44. The fourth-order valence-corrected chi connectivity index (χ4v) is 4.00. The summed E-state index contributed by atoms with van der Waals surface area (Å²) in [7, 11) is 0. The molecule has 3 aromatic rings. The standard InChI is InChI=1S/C19H20N4O2S/c1-14-16(9-12-25-14)18-20-21-19(23(18)15-7-3-2-4-8-15)26-13-17(24)22-10-5-6-11-22/h2-4,7-9,12H,5-6,10-11,13H2,1H3. The Hall–Kier alpha value is -2.54. The Morgan fingerprint density at radius 2 is 1.92 bits per heavy atom. The quantitative estimate of drug-likeness (QED) is 0.645. The van der Waals surface area contributed by atoms with Crippen LogP contribution in [0.5, 0.6) is 0 Å². The van der Waals surface area contributed by atoms with Gasteiger partial charge >= 0.3 is 0 Å². The first kappa shape index (κ1) is 16.9. The van der Waals surface area contributed by atoms with Gasteiger partial charge in [0.25, 0.3) is 0 Å². The second kappa shape index (κ2) is 7.37. The number of para-hydroxylation sites is 1. The summed E-state index contributed by atoms with van der Waals surface area (Å²) in [4.78, 5) is 14.3. The van der Waals surface area contributed by atoms with Gasteiger partial charge in [0.05, 0.1) is 17.6 Å². The van der Waals surface area contributed by atoms with Gasteiger partial charge in [-0.2, -0.15) is 0 Å². The van der Waals surface area contributed by atoms with Crippen LogP contribution in [-0.2, 0) is 4.79 Å². The summed E-state index contributed by atoms with van der Waals surface area (Å²) >= 11 is 1.43. The van der Waals surface area contributed by atoms with Crippen LogP contribution in [0.4, 0.5) is 0 Å². The van der Waals surface area contributed by atoms with Gasteiger partial charge < -0.3 is 9.32 Å². The fraction of sp³-hybridized carbons (Fsp3) is 0.316. The van der Waals surface area contributed by atoms with Crippen LogP contribution in [0.3, 0.4) is 0 Å². The molecule has 0 spiro atoms. The van der Waals surface area contributed by atoms with Crippen molar-refractivity contribution in [3.63, 3.8) is 0 Å². The van der Waals surface area contributed by atoms with E-state index in [-0.39, 0.29) is 5.91 Å². The van der Waals surface area contributed by atoms with Crippen molar-refractivity contribution in [1.82, 2.24) is 19.7 Å². The van der Waals surface area contributed by atoms with E-state index in [1.165, 1.54) is 11.8 Å². The van der Waals surface area contributed by atoms with Crippen LogP contribution in [0.1, 0.15) is 18.6 Å². The van der Waals surface area contributed by atoms with E-state index in [1.54, 1.807) is 6.26 Å². The molecule has 134 valence electrons. The molecule has 0 atom stereocenters. The topological polar surface area (TPSA) is 64.2 Å². The number of amides is 1. The molecule has 26 heavy (non-hydrogen) atoms. The number of carbonyl (C=O) groups is 1. The zero-order chi connectivity index (χ0) is 17.9. The highest BCUT2D eigenvalue weighted by Gasteiger charge is 2.22. The monoisotopic (exact) mass is 368 g/mol. The Bertz CT molecular complexity index is 897. The zero-order valence-electron chi connectivity index (χ0n) is 14.6. The number of rotatable bonds is 5. The van der Waals surface area contributed by atoms with Gasteiger partial charge in [-0.1, -0.05) is 30.0 Å². The van der Waals surface area contributed by atoms with Gasteiger partial charge in [0.15, 0.2) is 11.0 Å². The minimum absolute atomic E-state index is 0.163. The Kier molecular flexibility index (Phi) is 4.79. The van der Waals surface area contributed by atoms with E-state index in [9.17, 15) is 4.79 Å². The molecule has 0 saturated carbocycles. The Morgan fingerprint density at radius 1 is 1.15 bits per heavy atom. The fourth-order valence-electron chi connectivity index (χ4n) is 3.15. The molecule has 1 aliphatic heterocycles. The molecule has 0 N–H and O–H groups in total. The second-order valence-corrected chi connectivity index (χ2v) is 7.19. The molecule has 0 aliphatic carbocycles. The van der Waals surface area contributed by atoms with Gasteiger partial charge in [0.1, 0.15) is 5.76 Å². The van der Waals surface area contributed by atoms with Crippen LogP contribution in [-0.4, -0.2) is 44.4 Å². The molecule has 0 bridgehead atoms. The minimum Gasteiger partial charge on any atom is -0.469 e. The molecule has 2 aromatic heterocycles. The maximum atomic E-state index is 12.4. The number of nitrogens with zero attached hydrogens (tertiary/aromatic N) is 4. The van der Waals surface area contributed by atoms with E-state index < -0.39 is 0 Å². The number of carbonyl (C=O) groups excluding carboxylic acids is 1. The molecule has 1 aromatic carbocycles. The highest BCUT2D eigenvalue weighted by Crippen LogP contribution is 2.30. The van der Waals surface area contributed by atoms with E-state index in [2.05, 4.69) is 10.2 Å². The molecule has 0 unspecified atom stereocenters. The van der Waals surface area contributed by atoms with Crippen LogP contribution < -0.4 is 0 Å². The third-order valence-electron chi connectivity index (χ3n) is 4.53. The lowest BCUT2D eigenvalue weighted by Gasteiger charge is -2.15. The summed E-state index contributed by atoms with van der Waals surface area (Å²) in [5.41, 5.74) is 1.86. The van der Waals surface area contributed by atoms with Crippen molar-refractivity contribution in [2.45, 2.75) is 24.9 Å². The molecule has 3 heterocycles. The average molecular weight is 368 g/mol. The van der Waals surface area contributed by atoms with Crippen LogP contribution in [0.15, 0.2) is 52.2 Å². The number of hydrogen-bond donors (Lipinski definition) is 0. The van der Waals surface area contributed by atoms with E-state index in [1.807, 2.05) is 52.8 Å². The molecule has 7 heteroatoms. The second-order valence-electron chi connectivity index (χ2n) is 6.24. The smallest absolute Gasteiger partial charge is 0.233 e. The molecule has 1 saturated heterocycles. The van der Waals surface area contributed by atoms with Crippen molar-refractivity contribution >= 4 is 17.7 Å². The van der Waals surface area contributed by atoms with Gasteiger partial charge in [0, 0.05) is 18.8 Å². The van der Waals surface area contributed by atoms with Crippen molar-refractivity contribution in [2.24, 2.45) is 0 Å². The first-order valence-electron chi connectivity index (χ1n) is 8.70. The molecule has 1 fully saturated rings. The molecule has 6 nitrogen and oxygen atoms in total. The van der Waals surface area contributed by atoms with Gasteiger partial charge in [-0.3, -0.25) is 9.36 Å². The van der Waals surface area contributed by atoms with E-state index in [0.717, 1.165) is 48.8 Å². The van der Waals surface area contributed by atoms with Crippen molar-refractivity contribution in [1.29, 1.82) is 0 Å². The lowest BCUT2D eigenvalue weighted by molar-refractivity contribution is -0.127. The van der Waals surface area contributed by atoms with Gasteiger partial charge in [-0.15, -0.1) is 10.2 Å². The number of hydrogen-bond acceptors (Lipinski definition) is 5. The van der Waals surface area contributed by atoms with Crippen LogP contribution in [0.25, 0.3) is 17.1 Å². The number of aromatic nitrogens is 3. The van der Waals surface area contributed by atoms with Crippen molar-refractivity contribution in [2.75, 3.05) is 18.8 Å². The van der Waals surface area contributed by atoms with Gasteiger partial charge in [-0.05, 0) is 38.0 Å². The highest BCUT2D eigenvalue weighted by molar-refractivity contribution is 7.99. The Morgan fingerprint density at radius 3 is 2.62 bits per heavy atom. The molecule has 0 radical (unpaired) electrons. The minimum atomic E-state index is 0.163. The van der Waals surface area contributed by atoms with Crippen LogP contribution in [0.2, 0.25) is 0 Å². The maximum Gasteiger partial charge on any atom is 0.233 e. The largest absolute Gasteiger partial charge is 0.469 e. The number of furan rings is 1.